The maximum absolute atomic E-state index is 11.9. The van der Waals surface area contributed by atoms with Crippen LogP contribution in [0.2, 0.25) is 0 Å². The molecule has 1 N–H and O–H groups in total. The van der Waals surface area contributed by atoms with Crippen molar-refractivity contribution in [2.24, 2.45) is 0 Å². The quantitative estimate of drug-likeness (QED) is 0.823. The van der Waals surface area contributed by atoms with Crippen LogP contribution in [0.4, 0.5) is 10.6 Å². The summed E-state index contributed by atoms with van der Waals surface area (Å²) in [5.74, 6) is 0.976. The number of aromatic nitrogens is 2. The number of nitrogens with one attached hydrogen (secondary N) is 1. The number of carbonyl (C=O) groups is 1. The van der Waals surface area contributed by atoms with Crippen LogP contribution in [0.25, 0.3) is 10.2 Å². The van der Waals surface area contributed by atoms with E-state index < -0.39 is 0 Å². The summed E-state index contributed by atoms with van der Waals surface area (Å²) in [5, 5.41) is 4.89. The summed E-state index contributed by atoms with van der Waals surface area (Å²) in [5.41, 5.74) is 1.47. The molecular weight excluding hydrogens is 348 g/mol. The van der Waals surface area contributed by atoms with Crippen molar-refractivity contribution in [2.45, 2.75) is 57.9 Å². The van der Waals surface area contributed by atoms with E-state index in [1.54, 1.807) is 11.2 Å². The predicted octanol–water partition coefficient (Wildman–Crippen LogP) is 3.99. The number of hydrogen-bond acceptors (Lipinski definition) is 6. The molecule has 2 aliphatic rings. The number of anilines is 1. The summed E-state index contributed by atoms with van der Waals surface area (Å²) in [7, 11) is 0. The summed E-state index contributed by atoms with van der Waals surface area (Å²) in [6, 6.07) is 0.333. The first-order valence-corrected chi connectivity index (χ1v) is 10.5. The number of rotatable bonds is 3. The minimum Gasteiger partial charge on any atom is -0.450 e. The summed E-state index contributed by atoms with van der Waals surface area (Å²) in [4.78, 5) is 25.4. The van der Waals surface area contributed by atoms with Gasteiger partial charge in [0.1, 0.15) is 17.0 Å². The third-order valence-corrected chi connectivity index (χ3v) is 6.56. The first-order valence-electron chi connectivity index (χ1n) is 9.69. The number of piperidine rings is 1. The highest BCUT2D eigenvalue weighted by Gasteiger charge is 2.25. The van der Waals surface area contributed by atoms with Crippen molar-refractivity contribution < 1.29 is 9.53 Å². The monoisotopic (exact) mass is 374 g/mol. The fraction of sp³-hybridized carbons (Fsp3) is 0.632. The lowest BCUT2D eigenvalue weighted by Gasteiger charge is -2.32. The molecule has 1 aliphatic heterocycles. The molecule has 1 aliphatic carbocycles. The SMILES string of the molecule is CCOC(=O)N1CCC(Nc2ncnc3sc4c(c23)CCCCC4)CC1. The third-order valence-electron chi connectivity index (χ3n) is 5.36. The van der Waals surface area contributed by atoms with Gasteiger partial charge in [0.25, 0.3) is 0 Å². The molecular formula is C19H26N4O2S. The first kappa shape index (κ1) is 17.5. The molecule has 0 unspecified atom stereocenters. The number of thiophene rings is 1. The summed E-state index contributed by atoms with van der Waals surface area (Å²) in [6.07, 6.45) is 9.46. The van der Waals surface area contributed by atoms with Gasteiger partial charge in [-0.25, -0.2) is 14.8 Å². The number of fused-ring (bicyclic) bond motifs is 3. The molecule has 6 nitrogen and oxygen atoms in total. The Labute approximate surface area is 158 Å². The average Bonchev–Trinajstić information content (AvgIpc) is 2.85. The Balaban J connectivity index is 1.50. The van der Waals surface area contributed by atoms with Crippen LogP contribution in [0.15, 0.2) is 6.33 Å². The summed E-state index contributed by atoms with van der Waals surface area (Å²) >= 11 is 1.84. The van der Waals surface area contributed by atoms with Crippen LogP contribution in [0, 0.1) is 0 Å². The zero-order valence-electron chi connectivity index (χ0n) is 15.3. The number of carbonyl (C=O) groups excluding carboxylic acids is 1. The Morgan fingerprint density at radius 2 is 2.08 bits per heavy atom. The molecule has 0 saturated carbocycles. The van der Waals surface area contributed by atoms with Crippen molar-refractivity contribution in [3.8, 4) is 0 Å². The molecule has 1 fully saturated rings. The van der Waals surface area contributed by atoms with E-state index in [4.69, 9.17) is 4.74 Å². The molecule has 7 heteroatoms. The largest absolute Gasteiger partial charge is 0.450 e. The normalized spacial score (nSPS) is 18.4. The molecule has 0 bridgehead atoms. The van der Waals surface area contributed by atoms with E-state index in [0.717, 1.165) is 43.0 Å². The molecule has 140 valence electrons. The molecule has 2 aromatic heterocycles. The van der Waals surface area contributed by atoms with E-state index in [0.29, 0.717) is 12.6 Å². The lowest BCUT2D eigenvalue weighted by atomic mass is 10.0. The van der Waals surface area contributed by atoms with Gasteiger partial charge in [-0.05, 0) is 51.0 Å². The van der Waals surface area contributed by atoms with Crippen molar-refractivity contribution in [3.63, 3.8) is 0 Å². The Hall–Kier alpha value is -1.89. The molecule has 0 atom stereocenters. The van der Waals surface area contributed by atoms with Crippen LogP contribution in [-0.2, 0) is 17.6 Å². The van der Waals surface area contributed by atoms with Crippen molar-refractivity contribution in [1.82, 2.24) is 14.9 Å². The molecule has 2 aromatic rings. The van der Waals surface area contributed by atoms with E-state index in [9.17, 15) is 4.79 Å². The van der Waals surface area contributed by atoms with Gasteiger partial charge in [-0.2, -0.15) is 0 Å². The van der Waals surface area contributed by atoms with Gasteiger partial charge in [0.2, 0.25) is 0 Å². The number of aryl methyl sites for hydroxylation is 2. The van der Waals surface area contributed by atoms with Gasteiger partial charge in [0.15, 0.2) is 0 Å². The van der Waals surface area contributed by atoms with Crippen LogP contribution in [-0.4, -0.2) is 46.7 Å². The molecule has 26 heavy (non-hydrogen) atoms. The van der Waals surface area contributed by atoms with Crippen LogP contribution >= 0.6 is 11.3 Å². The Morgan fingerprint density at radius 3 is 2.88 bits per heavy atom. The second kappa shape index (κ2) is 7.78. The second-order valence-electron chi connectivity index (χ2n) is 7.07. The molecule has 1 amide bonds. The Morgan fingerprint density at radius 1 is 1.27 bits per heavy atom. The van der Waals surface area contributed by atoms with E-state index in [-0.39, 0.29) is 6.09 Å². The van der Waals surface area contributed by atoms with Gasteiger partial charge in [-0.1, -0.05) is 6.42 Å². The lowest BCUT2D eigenvalue weighted by Crippen LogP contribution is -2.42. The molecule has 4 rings (SSSR count). The minimum atomic E-state index is -0.196. The first-order chi connectivity index (χ1) is 12.8. The Bertz CT molecular complexity index is 783. The third kappa shape index (κ3) is 3.49. The maximum atomic E-state index is 11.9. The second-order valence-corrected chi connectivity index (χ2v) is 8.16. The highest BCUT2D eigenvalue weighted by molar-refractivity contribution is 7.18. The molecule has 0 radical (unpaired) electrons. The highest BCUT2D eigenvalue weighted by Crippen LogP contribution is 2.38. The van der Waals surface area contributed by atoms with Crippen molar-refractivity contribution in [2.75, 3.05) is 25.0 Å². The summed E-state index contributed by atoms with van der Waals surface area (Å²) in [6.45, 7) is 3.73. The molecule has 1 saturated heterocycles. The zero-order chi connectivity index (χ0) is 17.9. The van der Waals surface area contributed by atoms with Gasteiger partial charge in [0.05, 0.1) is 12.0 Å². The molecule has 3 heterocycles. The maximum Gasteiger partial charge on any atom is 0.409 e. The lowest BCUT2D eigenvalue weighted by molar-refractivity contribution is 0.0983. The minimum absolute atomic E-state index is 0.196. The Kier molecular flexibility index (Phi) is 5.24. The highest BCUT2D eigenvalue weighted by atomic mass is 32.1. The van der Waals surface area contributed by atoms with E-state index in [1.165, 1.54) is 41.5 Å². The van der Waals surface area contributed by atoms with Crippen molar-refractivity contribution in [1.29, 1.82) is 0 Å². The number of ether oxygens (including phenoxy) is 1. The van der Waals surface area contributed by atoms with Crippen molar-refractivity contribution >= 4 is 33.5 Å². The fourth-order valence-electron chi connectivity index (χ4n) is 3.99. The number of amides is 1. The molecule has 0 aromatic carbocycles. The summed E-state index contributed by atoms with van der Waals surface area (Å²) < 4.78 is 5.10. The van der Waals surface area contributed by atoms with Gasteiger partial charge >= 0.3 is 6.09 Å². The van der Waals surface area contributed by atoms with Crippen LogP contribution in [0.1, 0.15) is 49.5 Å². The fourth-order valence-corrected chi connectivity index (χ4v) is 5.22. The predicted molar refractivity (Wildman–Crippen MR) is 104 cm³/mol. The van der Waals surface area contributed by atoms with E-state index in [1.807, 2.05) is 18.3 Å². The van der Waals surface area contributed by atoms with Crippen LogP contribution < -0.4 is 5.32 Å². The number of nitrogens with zero attached hydrogens (tertiary/aromatic N) is 3. The van der Waals surface area contributed by atoms with E-state index >= 15 is 0 Å². The number of hydrogen-bond donors (Lipinski definition) is 1. The topological polar surface area (TPSA) is 67.3 Å². The standard InChI is InChI=1S/C19H26N4O2S/c1-2-25-19(24)23-10-8-13(9-11-23)22-17-16-14-6-4-3-5-7-15(14)26-18(16)21-12-20-17/h12-13H,2-11H2,1H3,(H,20,21,22). The van der Waals surface area contributed by atoms with Crippen LogP contribution in [0.3, 0.4) is 0 Å². The zero-order valence-corrected chi connectivity index (χ0v) is 16.1. The van der Waals surface area contributed by atoms with Crippen molar-refractivity contribution in [3.05, 3.63) is 16.8 Å². The van der Waals surface area contributed by atoms with Gasteiger partial charge in [-0.3, -0.25) is 0 Å². The smallest absolute Gasteiger partial charge is 0.409 e. The van der Waals surface area contributed by atoms with E-state index in [2.05, 4.69) is 15.3 Å². The number of likely N-dealkylation sites (tertiary alicyclic amines) is 1. The molecule has 0 spiro atoms. The van der Waals surface area contributed by atoms with Crippen LogP contribution in [0.5, 0.6) is 0 Å². The average molecular weight is 375 g/mol. The van der Waals surface area contributed by atoms with Gasteiger partial charge in [0, 0.05) is 24.0 Å². The van der Waals surface area contributed by atoms with Gasteiger partial charge in [-0.15, -0.1) is 11.3 Å². The van der Waals surface area contributed by atoms with Gasteiger partial charge < -0.3 is 15.0 Å².